The van der Waals surface area contributed by atoms with E-state index in [0.717, 1.165) is 5.56 Å². The average molecular weight is 507 g/mol. The molecule has 1 fully saturated rings. The molecule has 3 rings (SSSR count). The van der Waals surface area contributed by atoms with E-state index in [0.29, 0.717) is 48.3 Å². The fraction of sp³-hybridized carbons (Fsp3) is 0.348. The Morgan fingerprint density at radius 3 is 2.35 bits per heavy atom. The van der Waals surface area contributed by atoms with Crippen molar-refractivity contribution in [1.82, 2.24) is 10.2 Å². The fourth-order valence-corrected chi connectivity index (χ4v) is 4.00. The highest BCUT2D eigenvalue weighted by atomic mass is 35.5. The van der Waals surface area contributed by atoms with Crippen LogP contribution in [0.25, 0.3) is 0 Å². The molecule has 2 aromatic rings. The molecule has 2 aromatic carbocycles. The second kappa shape index (κ2) is 11.3. The molecule has 0 radical (unpaired) electrons. The van der Waals surface area contributed by atoms with Crippen molar-refractivity contribution in [2.45, 2.75) is 19.8 Å². The number of nitro groups is 1. The third kappa shape index (κ3) is 6.45. The second-order valence-corrected chi connectivity index (χ2v) is 8.74. The Labute approximate surface area is 206 Å². The van der Waals surface area contributed by atoms with Crippen LogP contribution in [0.1, 0.15) is 29.3 Å². The molecule has 1 aliphatic rings. The summed E-state index contributed by atoms with van der Waals surface area (Å²) in [5, 5.41) is 14.8. The maximum atomic E-state index is 12.7. The van der Waals surface area contributed by atoms with Gasteiger partial charge in [-0.25, -0.2) is 0 Å². The predicted molar refractivity (Wildman–Crippen MR) is 130 cm³/mol. The molecule has 0 bridgehead atoms. The molecule has 0 spiro atoms. The molecule has 11 heteroatoms. The average Bonchev–Trinajstić information content (AvgIpc) is 2.82. The summed E-state index contributed by atoms with van der Waals surface area (Å²) >= 11 is 11.9. The van der Waals surface area contributed by atoms with E-state index in [4.69, 9.17) is 23.2 Å². The normalized spacial score (nSPS) is 13.5. The Morgan fingerprint density at radius 2 is 1.74 bits per heavy atom. The number of hydrogen-bond donors (Lipinski definition) is 1. The zero-order valence-corrected chi connectivity index (χ0v) is 20.1. The summed E-state index contributed by atoms with van der Waals surface area (Å²) < 4.78 is 0. The van der Waals surface area contributed by atoms with Crippen LogP contribution >= 0.6 is 23.2 Å². The van der Waals surface area contributed by atoms with Gasteiger partial charge in [0.15, 0.2) is 5.78 Å². The van der Waals surface area contributed by atoms with Gasteiger partial charge in [0.2, 0.25) is 5.91 Å². The minimum absolute atomic E-state index is 0.00718. The van der Waals surface area contributed by atoms with Gasteiger partial charge in [-0.1, -0.05) is 29.3 Å². The summed E-state index contributed by atoms with van der Waals surface area (Å²) in [6.07, 6.45) is 0.592. The third-order valence-corrected chi connectivity index (χ3v) is 6.37. The van der Waals surface area contributed by atoms with Crippen molar-refractivity contribution >= 4 is 52.2 Å². The quantitative estimate of drug-likeness (QED) is 0.432. The van der Waals surface area contributed by atoms with E-state index in [1.165, 1.54) is 19.1 Å². The third-order valence-electron chi connectivity index (χ3n) is 5.63. The first-order chi connectivity index (χ1) is 16.2. The number of nitro benzene ring substituents is 1. The largest absolute Gasteiger partial charge is 0.368 e. The number of ketones is 1. The molecule has 0 aliphatic carbocycles. The van der Waals surface area contributed by atoms with Crippen molar-refractivity contribution in [3.63, 3.8) is 0 Å². The lowest BCUT2D eigenvalue weighted by molar-refractivity contribution is -0.385. The first-order valence-corrected chi connectivity index (χ1v) is 11.4. The zero-order chi connectivity index (χ0) is 24.8. The molecule has 1 heterocycles. The fourth-order valence-electron chi connectivity index (χ4n) is 3.68. The van der Waals surface area contributed by atoms with E-state index < -0.39 is 10.8 Å². The van der Waals surface area contributed by atoms with Crippen molar-refractivity contribution in [1.29, 1.82) is 0 Å². The number of rotatable bonds is 8. The zero-order valence-electron chi connectivity index (χ0n) is 18.6. The summed E-state index contributed by atoms with van der Waals surface area (Å²) in [6, 6.07) is 9.43. The SMILES string of the molecule is CC(=O)N1CCN(c2ccc([N+](=O)[O-])c(C(=O)NCC(=O)CCc3ccc(Cl)c(Cl)c3)c2)CC1. The molecule has 0 aromatic heterocycles. The lowest BCUT2D eigenvalue weighted by Crippen LogP contribution is -2.48. The molecular weight excluding hydrogens is 483 g/mol. The molecule has 1 saturated heterocycles. The molecule has 2 amide bonds. The van der Waals surface area contributed by atoms with Crippen LogP contribution in [-0.2, 0) is 16.0 Å². The summed E-state index contributed by atoms with van der Waals surface area (Å²) in [6.45, 7) is 3.41. The first kappa shape index (κ1) is 25.5. The molecule has 1 N–H and O–H groups in total. The molecule has 9 nitrogen and oxygen atoms in total. The number of anilines is 1. The highest BCUT2D eigenvalue weighted by Crippen LogP contribution is 2.26. The number of aryl methyl sites for hydroxylation is 1. The van der Waals surface area contributed by atoms with Gasteiger partial charge in [0.25, 0.3) is 11.6 Å². The van der Waals surface area contributed by atoms with Crippen molar-refractivity contribution in [2.24, 2.45) is 0 Å². The Hall–Kier alpha value is -3.17. The molecule has 0 unspecified atom stereocenters. The van der Waals surface area contributed by atoms with Gasteiger partial charge in [0, 0.05) is 51.3 Å². The van der Waals surface area contributed by atoms with Gasteiger partial charge in [0.1, 0.15) is 5.56 Å². The number of carbonyl (C=O) groups is 3. The van der Waals surface area contributed by atoms with Crippen LogP contribution < -0.4 is 10.2 Å². The van der Waals surface area contributed by atoms with Crippen molar-refractivity contribution in [3.8, 4) is 0 Å². The number of hydrogen-bond acceptors (Lipinski definition) is 6. The number of piperazine rings is 1. The maximum Gasteiger partial charge on any atom is 0.282 e. The molecule has 34 heavy (non-hydrogen) atoms. The van der Waals surface area contributed by atoms with Gasteiger partial charge in [-0.3, -0.25) is 24.5 Å². The lowest BCUT2D eigenvalue weighted by atomic mass is 10.1. The molecule has 0 atom stereocenters. The van der Waals surface area contributed by atoms with Crippen molar-refractivity contribution in [3.05, 3.63) is 67.7 Å². The van der Waals surface area contributed by atoms with E-state index in [1.807, 2.05) is 4.90 Å². The monoisotopic (exact) mass is 506 g/mol. The molecule has 1 aliphatic heterocycles. The van der Waals surface area contributed by atoms with Crippen LogP contribution in [0.4, 0.5) is 11.4 Å². The number of nitrogens with one attached hydrogen (secondary N) is 1. The van der Waals surface area contributed by atoms with E-state index in [2.05, 4.69) is 5.32 Å². The standard InChI is InChI=1S/C23H24Cl2N4O5/c1-15(30)27-8-10-28(11-9-27)17-4-7-22(29(33)34)19(13-17)23(32)26-14-18(31)5-2-16-3-6-20(24)21(25)12-16/h3-4,6-7,12-13H,2,5,8-11,14H2,1H3,(H,26,32). The summed E-state index contributed by atoms with van der Waals surface area (Å²) in [7, 11) is 0. The van der Waals surface area contributed by atoms with Gasteiger partial charge in [0.05, 0.1) is 21.5 Å². The lowest BCUT2D eigenvalue weighted by Gasteiger charge is -2.35. The molecule has 0 saturated carbocycles. The number of Topliss-reactive ketones (excluding diaryl/α,β-unsaturated/α-hetero) is 1. The van der Waals surface area contributed by atoms with E-state index in [9.17, 15) is 24.5 Å². The number of amides is 2. The summed E-state index contributed by atoms with van der Waals surface area (Å²) in [4.78, 5) is 51.1. The van der Waals surface area contributed by atoms with Crippen LogP contribution in [-0.4, -0.2) is 60.1 Å². The van der Waals surface area contributed by atoms with Crippen molar-refractivity contribution < 1.29 is 19.3 Å². The van der Waals surface area contributed by atoms with Crippen LogP contribution in [0.15, 0.2) is 36.4 Å². The van der Waals surface area contributed by atoms with Crippen LogP contribution in [0.2, 0.25) is 10.0 Å². The number of benzene rings is 2. The number of halogens is 2. The van der Waals surface area contributed by atoms with Gasteiger partial charge in [-0.15, -0.1) is 0 Å². The van der Waals surface area contributed by atoms with Crippen LogP contribution in [0.5, 0.6) is 0 Å². The second-order valence-electron chi connectivity index (χ2n) is 7.92. The molecular formula is C23H24Cl2N4O5. The topological polar surface area (TPSA) is 113 Å². The summed E-state index contributed by atoms with van der Waals surface area (Å²) in [5.41, 5.74) is 1.02. The van der Waals surface area contributed by atoms with E-state index in [-0.39, 0.29) is 35.9 Å². The Balaban J connectivity index is 1.62. The van der Waals surface area contributed by atoms with Gasteiger partial charge in [-0.05, 0) is 36.2 Å². The Morgan fingerprint density at radius 1 is 1.03 bits per heavy atom. The minimum Gasteiger partial charge on any atom is -0.368 e. The highest BCUT2D eigenvalue weighted by molar-refractivity contribution is 6.42. The number of nitrogens with zero attached hydrogens (tertiary/aromatic N) is 3. The van der Waals surface area contributed by atoms with Gasteiger partial charge >= 0.3 is 0 Å². The van der Waals surface area contributed by atoms with Crippen LogP contribution in [0, 0.1) is 10.1 Å². The minimum atomic E-state index is -0.696. The van der Waals surface area contributed by atoms with E-state index >= 15 is 0 Å². The maximum absolute atomic E-state index is 12.7. The first-order valence-electron chi connectivity index (χ1n) is 10.7. The van der Waals surface area contributed by atoms with Crippen LogP contribution in [0.3, 0.4) is 0 Å². The predicted octanol–water partition coefficient (Wildman–Crippen LogP) is 3.50. The smallest absolute Gasteiger partial charge is 0.282 e. The number of carbonyl (C=O) groups excluding carboxylic acids is 3. The molecule has 180 valence electrons. The Kier molecular flexibility index (Phi) is 8.46. The van der Waals surface area contributed by atoms with E-state index in [1.54, 1.807) is 29.2 Å². The van der Waals surface area contributed by atoms with Gasteiger partial charge < -0.3 is 15.1 Å². The van der Waals surface area contributed by atoms with Gasteiger partial charge in [-0.2, -0.15) is 0 Å². The Bertz CT molecular complexity index is 1120. The summed E-state index contributed by atoms with van der Waals surface area (Å²) in [5.74, 6) is -0.926. The van der Waals surface area contributed by atoms with Crippen molar-refractivity contribution in [2.75, 3.05) is 37.6 Å². The highest BCUT2D eigenvalue weighted by Gasteiger charge is 2.24.